The van der Waals surface area contributed by atoms with Crippen LogP contribution >= 0.6 is 23.2 Å². The molecule has 1 saturated heterocycles. The minimum Gasteiger partial charge on any atom is -0.294 e. The Morgan fingerprint density at radius 1 is 1.15 bits per heavy atom. The summed E-state index contributed by atoms with van der Waals surface area (Å²) >= 11 is 11.9. The second kappa shape index (κ2) is 8.49. The summed E-state index contributed by atoms with van der Waals surface area (Å²) in [4.78, 5) is 45.6. The van der Waals surface area contributed by atoms with Crippen LogP contribution in [0, 0.1) is 5.92 Å². The zero-order valence-corrected chi connectivity index (χ0v) is 16.7. The third kappa shape index (κ3) is 5.05. The van der Waals surface area contributed by atoms with Crippen LogP contribution in [0.25, 0.3) is 0 Å². The summed E-state index contributed by atoms with van der Waals surface area (Å²) in [5, 5.41) is 5.47. The monoisotopic (exact) mass is 411 g/mol. The highest BCUT2D eigenvalue weighted by atomic mass is 35.5. The Morgan fingerprint density at radius 2 is 1.81 bits per heavy atom. The van der Waals surface area contributed by atoms with Gasteiger partial charge in [-0.2, -0.15) is 4.99 Å². The molecule has 1 fully saturated rings. The lowest BCUT2D eigenvalue weighted by Gasteiger charge is -2.16. The molecule has 2 N–H and O–H groups in total. The molecule has 0 aliphatic carbocycles. The van der Waals surface area contributed by atoms with Gasteiger partial charge in [0.15, 0.2) is 0 Å². The SMILES string of the molecule is CC(C)N=C(/N=C1\NC(=O)C(=O)N1c1ccc(Cl)c(Cl)c1)NC(=O)C(C)C. The van der Waals surface area contributed by atoms with Crippen molar-refractivity contribution >= 4 is 58.5 Å². The number of aliphatic imine (C=N–C) groups is 2. The molecule has 1 aliphatic rings. The van der Waals surface area contributed by atoms with Gasteiger partial charge in [0, 0.05) is 12.0 Å². The minimum atomic E-state index is -0.862. The maximum absolute atomic E-state index is 12.3. The van der Waals surface area contributed by atoms with Crippen LogP contribution in [0.3, 0.4) is 0 Å². The smallest absolute Gasteiger partial charge is 0.294 e. The first kappa shape index (κ1) is 20.9. The highest BCUT2D eigenvalue weighted by molar-refractivity contribution is 6.54. The molecule has 10 heteroatoms. The number of rotatable bonds is 3. The van der Waals surface area contributed by atoms with Gasteiger partial charge in [0.2, 0.25) is 17.8 Å². The second-order valence-electron chi connectivity index (χ2n) is 6.32. The van der Waals surface area contributed by atoms with Gasteiger partial charge < -0.3 is 0 Å². The molecule has 1 aliphatic heterocycles. The van der Waals surface area contributed by atoms with E-state index in [4.69, 9.17) is 23.2 Å². The van der Waals surface area contributed by atoms with E-state index in [0.29, 0.717) is 10.7 Å². The van der Waals surface area contributed by atoms with Gasteiger partial charge in [0.25, 0.3) is 0 Å². The molecule has 0 unspecified atom stereocenters. The molecular formula is C17H19Cl2N5O3. The average Bonchev–Trinajstić information content (AvgIpc) is 2.83. The summed E-state index contributed by atoms with van der Waals surface area (Å²) in [5.41, 5.74) is 0.297. The van der Waals surface area contributed by atoms with Gasteiger partial charge in [-0.15, -0.1) is 0 Å². The van der Waals surface area contributed by atoms with E-state index in [1.807, 2.05) is 0 Å². The number of hydrogen-bond acceptors (Lipinski definition) is 4. The molecule has 0 aromatic heterocycles. The first-order valence-electron chi connectivity index (χ1n) is 8.18. The van der Waals surface area contributed by atoms with Gasteiger partial charge >= 0.3 is 11.8 Å². The quantitative estimate of drug-likeness (QED) is 0.453. The van der Waals surface area contributed by atoms with Crippen LogP contribution in [-0.2, 0) is 14.4 Å². The third-order valence-corrected chi connectivity index (χ3v) is 4.09. The maximum Gasteiger partial charge on any atom is 0.323 e. The molecule has 0 saturated carbocycles. The van der Waals surface area contributed by atoms with Crippen molar-refractivity contribution in [1.29, 1.82) is 0 Å². The maximum atomic E-state index is 12.3. The Morgan fingerprint density at radius 3 is 2.37 bits per heavy atom. The fourth-order valence-corrected chi connectivity index (χ4v) is 2.33. The van der Waals surface area contributed by atoms with Crippen LogP contribution in [0.1, 0.15) is 27.7 Å². The third-order valence-electron chi connectivity index (χ3n) is 3.35. The van der Waals surface area contributed by atoms with Gasteiger partial charge in [-0.05, 0) is 32.0 Å². The number of benzene rings is 1. The standard InChI is InChI=1S/C17H19Cl2N5O3/c1-8(2)13(25)21-16(20-9(3)4)23-17-22-14(26)15(27)24(17)10-5-6-11(18)12(19)7-10/h5-9H,1-4H3,(H2,20,21,22,23,25,26). The predicted molar refractivity (Wildman–Crippen MR) is 105 cm³/mol. The van der Waals surface area contributed by atoms with Crippen molar-refractivity contribution in [3.05, 3.63) is 28.2 Å². The number of halogens is 2. The molecule has 27 heavy (non-hydrogen) atoms. The molecule has 8 nitrogen and oxygen atoms in total. The van der Waals surface area contributed by atoms with Crippen molar-refractivity contribution in [3.8, 4) is 0 Å². The molecule has 1 aromatic rings. The summed E-state index contributed by atoms with van der Waals surface area (Å²) in [6.45, 7) is 7.05. The summed E-state index contributed by atoms with van der Waals surface area (Å²) < 4.78 is 0. The topological polar surface area (TPSA) is 103 Å². The Balaban J connectivity index is 2.46. The number of guanidine groups is 2. The van der Waals surface area contributed by atoms with E-state index in [9.17, 15) is 14.4 Å². The summed E-state index contributed by atoms with van der Waals surface area (Å²) in [6, 6.07) is 4.27. The summed E-state index contributed by atoms with van der Waals surface area (Å²) in [6.07, 6.45) is 0. The molecule has 3 amide bonds. The van der Waals surface area contributed by atoms with Crippen molar-refractivity contribution in [3.63, 3.8) is 0 Å². The summed E-state index contributed by atoms with van der Waals surface area (Å²) in [5.74, 6) is -2.40. The van der Waals surface area contributed by atoms with Gasteiger partial charge in [-0.25, -0.2) is 9.89 Å². The van der Waals surface area contributed by atoms with Crippen molar-refractivity contribution < 1.29 is 14.4 Å². The van der Waals surface area contributed by atoms with Crippen molar-refractivity contribution in [2.75, 3.05) is 4.90 Å². The second-order valence-corrected chi connectivity index (χ2v) is 7.13. The van der Waals surface area contributed by atoms with Gasteiger partial charge in [-0.1, -0.05) is 37.0 Å². The largest absolute Gasteiger partial charge is 0.323 e. The Bertz CT molecular complexity index is 849. The van der Waals surface area contributed by atoms with Gasteiger partial charge in [0.1, 0.15) is 0 Å². The van der Waals surface area contributed by atoms with Crippen LogP contribution in [0.15, 0.2) is 28.2 Å². The van der Waals surface area contributed by atoms with E-state index >= 15 is 0 Å². The number of hydrogen-bond donors (Lipinski definition) is 2. The first-order valence-corrected chi connectivity index (χ1v) is 8.93. The number of nitrogens with one attached hydrogen (secondary N) is 2. The molecule has 1 aromatic carbocycles. The highest BCUT2D eigenvalue weighted by Crippen LogP contribution is 2.28. The lowest BCUT2D eigenvalue weighted by molar-refractivity contribution is -0.134. The van der Waals surface area contributed by atoms with Crippen LogP contribution in [0.4, 0.5) is 5.69 Å². The molecule has 1 heterocycles. The van der Waals surface area contributed by atoms with Crippen LogP contribution < -0.4 is 15.5 Å². The lowest BCUT2D eigenvalue weighted by atomic mass is 10.2. The minimum absolute atomic E-state index is 0.0150. The molecular weight excluding hydrogens is 393 g/mol. The predicted octanol–water partition coefficient (Wildman–Crippen LogP) is 2.35. The molecule has 144 valence electrons. The fraction of sp³-hybridized carbons (Fsp3) is 0.353. The normalized spacial score (nSPS) is 16.5. The highest BCUT2D eigenvalue weighted by Gasteiger charge is 2.37. The van der Waals surface area contributed by atoms with Gasteiger partial charge in [-0.3, -0.25) is 25.0 Å². The Labute approximate surface area is 166 Å². The van der Waals surface area contributed by atoms with E-state index in [2.05, 4.69) is 20.6 Å². The van der Waals surface area contributed by atoms with Crippen molar-refractivity contribution in [2.24, 2.45) is 15.9 Å². The lowest BCUT2D eigenvalue weighted by Crippen LogP contribution is -2.38. The molecule has 0 bridgehead atoms. The van der Waals surface area contributed by atoms with Crippen LogP contribution in [-0.4, -0.2) is 35.7 Å². The molecule has 0 spiro atoms. The zero-order chi connectivity index (χ0) is 20.3. The van der Waals surface area contributed by atoms with Crippen molar-refractivity contribution in [1.82, 2.24) is 10.6 Å². The van der Waals surface area contributed by atoms with Crippen LogP contribution in [0.2, 0.25) is 10.0 Å². The van der Waals surface area contributed by atoms with Gasteiger partial charge in [0.05, 0.1) is 15.7 Å². The van der Waals surface area contributed by atoms with E-state index in [-0.39, 0.29) is 34.8 Å². The van der Waals surface area contributed by atoms with E-state index in [1.54, 1.807) is 27.7 Å². The Kier molecular flexibility index (Phi) is 6.56. The zero-order valence-electron chi connectivity index (χ0n) is 15.2. The average molecular weight is 412 g/mol. The fourth-order valence-electron chi connectivity index (χ4n) is 2.04. The Hall–Kier alpha value is -2.45. The van der Waals surface area contributed by atoms with E-state index in [0.717, 1.165) is 4.90 Å². The summed E-state index contributed by atoms with van der Waals surface area (Å²) in [7, 11) is 0. The molecule has 0 radical (unpaired) electrons. The molecule has 0 atom stereocenters. The van der Waals surface area contributed by atoms with E-state index in [1.165, 1.54) is 18.2 Å². The van der Waals surface area contributed by atoms with E-state index < -0.39 is 11.8 Å². The number of carbonyl (C=O) groups is 3. The van der Waals surface area contributed by atoms with Crippen molar-refractivity contribution in [2.45, 2.75) is 33.7 Å². The number of nitrogens with zero attached hydrogens (tertiary/aromatic N) is 3. The first-order chi connectivity index (χ1) is 12.6. The number of anilines is 1. The molecule has 2 rings (SSSR count). The number of amides is 3. The van der Waals surface area contributed by atoms with Crippen LogP contribution in [0.5, 0.6) is 0 Å². The number of carbonyl (C=O) groups excluding carboxylic acids is 3.